The second kappa shape index (κ2) is 6.74. The molecule has 0 spiro atoms. The highest BCUT2D eigenvalue weighted by Gasteiger charge is 2.07. The minimum absolute atomic E-state index is 0.0500. The molecule has 2 rings (SSSR count). The number of pyridine rings is 1. The summed E-state index contributed by atoms with van der Waals surface area (Å²) >= 11 is 0. The van der Waals surface area contributed by atoms with E-state index in [1.165, 1.54) is 17.2 Å². The molecule has 1 aromatic carbocycles. The van der Waals surface area contributed by atoms with Gasteiger partial charge in [-0.3, -0.25) is 9.59 Å². The minimum Gasteiger partial charge on any atom is -0.491 e. The van der Waals surface area contributed by atoms with E-state index in [4.69, 9.17) is 4.74 Å². The molecule has 0 unspecified atom stereocenters. The van der Waals surface area contributed by atoms with Gasteiger partial charge >= 0.3 is 0 Å². The predicted octanol–water partition coefficient (Wildman–Crippen LogP) is 2.06. The molecule has 0 bridgehead atoms. The molecule has 1 aromatic heterocycles. The minimum atomic E-state index is -0.323. The van der Waals surface area contributed by atoms with Crippen LogP contribution >= 0.6 is 0 Å². The summed E-state index contributed by atoms with van der Waals surface area (Å²) in [4.78, 5) is 23.9. The summed E-state index contributed by atoms with van der Waals surface area (Å²) in [6.07, 6.45) is 2.51. The van der Waals surface area contributed by atoms with Crippen molar-refractivity contribution >= 4 is 11.6 Å². The molecule has 0 aliphatic heterocycles. The zero-order valence-electron chi connectivity index (χ0n) is 12.1. The highest BCUT2D eigenvalue weighted by atomic mass is 16.5. The number of ether oxygens (including phenoxy) is 1. The number of aryl methyl sites for hydroxylation is 1. The van der Waals surface area contributed by atoms with Crippen molar-refractivity contribution in [1.82, 2.24) is 4.57 Å². The lowest BCUT2D eigenvalue weighted by atomic mass is 10.1. The van der Waals surface area contributed by atoms with Crippen molar-refractivity contribution < 1.29 is 9.53 Å². The SMILES string of the molecule is CCc1ccc(NC(=O)Cn2cccc(OC)c2=O)cc1. The number of methoxy groups -OCH3 is 1. The summed E-state index contributed by atoms with van der Waals surface area (Å²) in [6.45, 7) is 2.02. The first-order valence-electron chi connectivity index (χ1n) is 6.76. The number of amides is 1. The van der Waals surface area contributed by atoms with Gasteiger partial charge in [-0.25, -0.2) is 0 Å². The molecule has 0 aliphatic carbocycles. The van der Waals surface area contributed by atoms with Crippen molar-refractivity contribution in [2.75, 3.05) is 12.4 Å². The standard InChI is InChI=1S/C16H18N2O3/c1-3-12-6-8-13(9-7-12)17-15(19)11-18-10-4-5-14(21-2)16(18)20/h4-10H,3,11H2,1-2H3,(H,17,19). The molecule has 5 heteroatoms. The quantitative estimate of drug-likeness (QED) is 0.915. The Balaban J connectivity index is 2.06. The van der Waals surface area contributed by atoms with E-state index in [1.54, 1.807) is 18.3 Å². The highest BCUT2D eigenvalue weighted by molar-refractivity contribution is 5.90. The van der Waals surface area contributed by atoms with Crippen LogP contribution in [0.1, 0.15) is 12.5 Å². The van der Waals surface area contributed by atoms with E-state index in [-0.39, 0.29) is 23.8 Å². The van der Waals surface area contributed by atoms with Gasteiger partial charge in [-0.1, -0.05) is 19.1 Å². The van der Waals surface area contributed by atoms with Gasteiger partial charge in [0.1, 0.15) is 6.54 Å². The van der Waals surface area contributed by atoms with Gasteiger partial charge in [0.05, 0.1) is 7.11 Å². The molecule has 0 atom stereocenters. The van der Waals surface area contributed by atoms with Crippen molar-refractivity contribution in [3.05, 3.63) is 58.5 Å². The molecule has 1 N–H and O–H groups in total. The van der Waals surface area contributed by atoms with E-state index in [0.29, 0.717) is 5.69 Å². The Bertz CT molecular complexity index is 675. The maximum Gasteiger partial charge on any atom is 0.293 e. The van der Waals surface area contributed by atoms with E-state index in [0.717, 1.165) is 6.42 Å². The van der Waals surface area contributed by atoms with Crippen LogP contribution in [-0.2, 0) is 17.8 Å². The number of hydrogen-bond donors (Lipinski definition) is 1. The Labute approximate surface area is 123 Å². The van der Waals surface area contributed by atoms with Gasteiger partial charge in [-0.05, 0) is 36.2 Å². The topological polar surface area (TPSA) is 60.3 Å². The van der Waals surface area contributed by atoms with Crippen LogP contribution in [0.3, 0.4) is 0 Å². The molecule has 1 heterocycles. The second-order valence-corrected chi connectivity index (χ2v) is 4.61. The molecule has 0 saturated carbocycles. The van der Waals surface area contributed by atoms with E-state index in [9.17, 15) is 9.59 Å². The molecule has 1 amide bonds. The second-order valence-electron chi connectivity index (χ2n) is 4.61. The van der Waals surface area contributed by atoms with Crippen molar-refractivity contribution in [3.63, 3.8) is 0 Å². The molecule has 0 aliphatic rings. The van der Waals surface area contributed by atoms with Gasteiger partial charge in [0.15, 0.2) is 5.75 Å². The first kappa shape index (κ1) is 14.8. The van der Waals surface area contributed by atoms with E-state index in [2.05, 4.69) is 12.2 Å². The van der Waals surface area contributed by atoms with Crippen LogP contribution in [0.4, 0.5) is 5.69 Å². The number of nitrogens with zero attached hydrogens (tertiary/aromatic N) is 1. The van der Waals surface area contributed by atoms with Crippen LogP contribution in [0.15, 0.2) is 47.4 Å². The van der Waals surface area contributed by atoms with Crippen molar-refractivity contribution in [1.29, 1.82) is 0 Å². The fraction of sp³-hybridized carbons (Fsp3) is 0.250. The Morgan fingerprint density at radius 3 is 2.57 bits per heavy atom. The molecule has 2 aromatic rings. The average Bonchev–Trinajstić information content (AvgIpc) is 2.50. The summed E-state index contributed by atoms with van der Waals surface area (Å²) < 4.78 is 6.26. The van der Waals surface area contributed by atoms with Crippen molar-refractivity contribution in [3.8, 4) is 5.75 Å². The molecular formula is C16H18N2O3. The Hall–Kier alpha value is -2.56. The molecule has 21 heavy (non-hydrogen) atoms. The van der Waals surface area contributed by atoms with Crippen LogP contribution in [0.5, 0.6) is 5.75 Å². The largest absolute Gasteiger partial charge is 0.491 e. The zero-order chi connectivity index (χ0) is 15.2. The lowest BCUT2D eigenvalue weighted by Gasteiger charge is -2.09. The number of aromatic nitrogens is 1. The van der Waals surface area contributed by atoms with Gasteiger partial charge in [-0.15, -0.1) is 0 Å². The molecule has 0 saturated heterocycles. The van der Waals surface area contributed by atoms with Gasteiger partial charge in [0.2, 0.25) is 5.91 Å². The fourth-order valence-corrected chi connectivity index (χ4v) is 1.97. The smallest absolute Gasteiger partial charge is 0.293 e. The van der Waals surface area contributed by atoms with Crippen LogP contribution in [0.2, 0.25) is 0 Å². The predicted molar refractivity (Wildman–Crippen MR) is 81.7 cm³/mol. The zero-order valence-corrected chi connectivity index (χ0v) is 12.1. The van der Waals surface area contributed by atoms with E-state index in [1.807, 2.05) is 24.3 Å². The van der Waals surface area contributed by atoms with Gasteiger partial charge in [-0.2, -0.15) is 0 Å². The first-order chi connectivity index (χ1) is 10.1. The van der Waals surface area contributed by atoms with E-state index >= 15 is 0 Å². The van der Waals surface area contributed by atoms with Crippen LogP contribution in [0, 0.1) is 0 Å². The fourth-order valence-electron chi connectivity index (χ4n) is 1.97. The number of nitrogens with one attached hydrogen (secondary N) is 1. The number of benzene rings is 1. The lowest BCUT2D eigenvalue weighted by Crippen LogP contribution is -2.27. The normalized spacial score (nSPS) is 10.2. The number of anilines is 1. The Kier molecular flexibility index (Phi) is 4.77. The molecule has 110 valence electrons. The van der Waals surface area contributed by atoms with E-state index < -0.39 is 0 Å². The van der Waals surface area contributed by atoms with Crippen molar-refractivity contribution in [2.24, 2.45) is 0 Å². The van der Waals surface area contributed by atoms with Crippen molar-refractivity contribution in [2.45, 2.75) is 19.9 Å². The van der Waals surface area contributed by atoms with Gasteiger partial charge in [0.25, 0.3) is 5.56 Å². The number of hydrogen-bond acceptors (Lipinski definition) is 3. The lowest BCUT2D eigenvalue weighted by molar-refractivity contribution is -0.116. The van der Waals surface area contributed by atoms with Crippen LogP contribution in [0.25, 0.3) is 0 Å². The molecule has 5 nitrogen and oxygen atoms in total. The summed E-state index contributed by atoms with van der Waals surface area (Å²) in [5.41, 5.74) is 1.60. The number of rotatable bonds is 5. The monoisotopic (exact) mass is 286 g/mol. The summed E-state index contributed by atoms with van der Waals surface area (Å²) in [7, 11) is 1.43. The van der Waals surface area contributed by atoms with Gasteiger partial charge in [0, 0.05) is 11.9 Å². The summed E-state index contributed by atoms with van der Waals surface area (Å²) in [6, 6.07) is 10.9. The average molecular weight is 286 g/mol. The third-order valence-corrected chi connectivity index (χ3v) is 3.17. The Morgan fingerprint density at radius 2 is 1.95 bits per heavy atom. The first-order valence-corrected chi connectivity index (χ1v) is 6.76. The number of carbonyl (C=O) groups is 1. The molecular weight excluding hydrogens is 268 g/mol. The van der Waals surface area contributed by atoms with Crippen LogP contribution in [-0.4, -0.2) is 17.6 Å². The summed E-state index contributed by atoms with van der Waals surface area (Å²) in [5.74, 6) is -0.0350. The number of carbonyl (C=O) groups excluding carboxylic acids is 1. The maximum absolute atomic E-state index is 12.0. The molecule has 0 fully saturated rings. The highest BCUT2D eigenvalue weighted by Crippen LogP contribution is 2.10. The van der Waals surface area contributed by atoms with Gasteiger partial charge < -0.3 is 14.6 Å². The summed E-state index contributed by atoms with van der Waals surface area (Å²) in [5, 5.41) is 2.77. The third kappa shape index (κ3) is 3.72. The van der Waals surface area contributed by atoms with Crippen LogP contribution < -0.4 is 15.6 Å². The molecule has 0 radical (unpaired) electrons. The third-order valence-electron chi connectivity index (χ3n) is 3.17. The maximum atomic E-state index is 12.0. The Morgan fingerprint density at radius 1 is 1.24 bits per heavy atom.